The Morgan fingerprint density at radius 1 is 1.39 bits per heavy atom. The molecular weight excluding hydrogens is 320 g/mol. The Morgan fingerprint density at radius 3 is 2.74 bits per heavy atom. The van der Waals surface area contributed by atoms with Gasteiger partial charge in [-0.05, 0) is 13.3 Å². The molecule has 0 aliphatic heterocycles. The first-order valence-corrected chi connectivity index (χ1v) is 7.59. The van der Waals surface area contributed by atoms with Crippen molar-refractivity contribution in [2.75, 3.05) is 11.9 Å². The van der Waals surface area contributed by atoms with Crippen LogP contribution in [0, 0.1) is 6.92 Å². The van der Waals surface area contributed by atoms with Crippen molar-refractivity contribution >= 4 is 29.1 Å². The van der Waals surface area contributed by atoms with Crippen molar-refractivity contribution in [2.24, 2.45) is 7.05 Å². The predicted molar refractivity (Wildman–Crippen MR) is 86.4 cm³/mol. The molecule has 0 spiro atoms. The van der Waals surface area contributed by atoms with E-state index in [-0.39, 0.29) is 18.4 Å². The highest BCUT2D eigenvalue weighted by Crippen LogP contribution is 2.15. The van der Waals surface area contributed by atoms with Crippen LogP contribution in [0.1, 0.15) is 29.5 Å². The van der Waals surface area contributed by atoms with Gasteiger partial charge in [-0.1, -0.05) is 18.5 Å². The van der Waals surface area contributed by atoms with Crippen molar-refractivity contribution in [3.63, 3.8) is 0 Å². The van der Waals surface area contributed by atoms with E-state index in [0.717, 1.165) is 6.42 Å². The molecule has 0 radical (unpaired) electrons. The molecule has 0 bridgehead atoms. The van der Waals surface area contributed by atoms with Gasteiger partial charge in [0, 0.05) is 19.8 Å². The fourth-order valence-corrected chi connectivity index (χ4v) is 2.18. The van der Waals surface area contributed by atoms with E-state index in [1.807, 2.05) is 6.92 Å². The molecule has 23 heavy (non-hydrogen) atoms. The summed E-state index contributed by atoms with van der Waals surface area (Å²) in [7, 11) is 1.65. The molecule has 8 nitrogen and oxygen atoms in total. The molecule has 0 saturated heterocycles. The molecule has 0 atom stereocenters. The Labute approximate surface area is 138 Å². The van der Waals surface area contributed by atoms with Crippen LogP contribution in [-0.2, 0) is 18.4 Å². The van der Waals surface area contributed by atoms with Crippen molar-refractivity contribution in [3.05, 3.63) is 28.8 Å². The molecule has 124 valence electrons. The lowest BCUT2D eigenvalue weighted by Crippen LogP contribution is -2.28. The Balaban J connectivity index is 2.07. The normalized spacial score (nSPS) is 10.6. The zero-order chi connectivity index (χ0) is 17.0. The Morgan fingerprint density at radius 2 is 2.13 bits per heavy atom. The number of aryl methyl sites for hydroxylation is 2. The number of nitrogens with one attached hydrogen (secondary N) is 2. The second-order valence-corrected chi connectivity index (χ2v) is 5.50. The second kappa shape index (κ2) is 7.28. The van der Waals surface area contributed by atoms with Gasteiger partial charge in [0.2, 0.25) is 5.91 Å². The van der Waals surface area contributed by atoms with Gasteiger partial charge in [0.25, 0.3) is 5.91 Å². The van der Waals surface area contributed by atoms with Crippen molar-refractivity contribution in [2.45, 2.75) is 26.8 Å². The molecule has 0 aliphatic carbocycles. The zero-order valence-electron chi connectivity index (χ0n) is 13.3. The topological polar surface area (TPSA) is 93.8 Å². The summed E-state index contributed by atoms with van der Waals surface area (Å²) in [4.78, 5) is 24.3. The van der Waals surface area contributed by atoms with Crippen molar-refractivity contribution in [1.29, 1.82) is 0 Å². The number of halogens is 1. The van der Waals surface area contributed by atoms with Gasteiger partial charge >= 0.3 is 0 Å². The van der Waals surface area contributed by atoms with Crippen LogP contribution < -0.4 is 10.6 Å². The number of aromatic nitrogens is 4. The molecule has 0 saturated carbocycles. The van der Waals surface area contributed by atoms with Gasteiger partial charge in [-0.25, -0.2) is 0 Å². The summed E-state index contributed by atoms with van der Waals surface area (Å²) in [5, 5.41) is 14.1. The predicted octanol–water partition coefficient (Wildman–Crippen LogP) is 1.36. The molecule has 2 aromatic rings. The summed E-state index contributed by atoms with van der Waals surface area (Å²) in [5.41, 5.74) is 1.32. The van der Waals surface area contributed by atoms with Crippen LogP contribution in [0.4, 0.5) is 5.69 Å². The number of rotatable bonds is 6. The number of nitrogens with zero attached hydrogens (tertiary/aromatic N) is 4. The third-order valence-electron chi connectivity index (χ3n) is 3.16. The average molecular weight is 339 g/mol. The molecule has 2 amide bonds. The lowest BCUT2D eigenvalue weighted by atomic mass is 10.3. The van der Waals surface area contributed by atoms with Crippen LogP contribution in [0.15, 0.2) is 12.4 Å². The van der Waals surface area contributed by atoms with Crippen LogP contribution in [0.3, 0.4) is 0 Å². The van der Waals surface area contributed by atoms with E-state index >= 15 is 0 Å². The minimum absolute atomic E-state index is 0.00151. The number of hydrogen-bond donors (Lipinski definition) is 2. The molecule has 2 aromatic heterocycles. The molecule has 2 heterocycles. The highest BCUT2D eigenvalue weighted by atomic mass is 35.5. The highest BCUT2D eigenvalue weighted by molar-refractivity contribution is 6.31. The fourth-order valence-electron chi connectivity index (χ4n) is 2.03. The largest absolute Gasteiger partial charge is 0.351 e. The van der Waals surface area contributed by atoms with Gasteiger partial charge in [-0.15, -0.1) is 0 Å². The number of amides is 2. The van der Waals surface area contributed by atoms with E-state index in [1.54, 1.807) is 20.2 Å². The quantitative estimate of drug-likeness (QED) is 0.831. The van der Waals surface area contributed by atoms with Crippen molar-refractivity contribution < 1.29 is 9.59 Å². The summed E-state index contributed by atoms with van der Waals surface area (Å²) in [6.07, 6.45) is 3.85. The van der Waals surface area contributed by atoms with Gasteiger partial charge in [-0.3, -0.25) is 19.0 Å². The second-order valence-electron chi connectivity index (χ2n) is 5.09. The Kier molecular flexibility index (Phi) is 5.38. The molecule has 9 heteroatoms. The summed E-state index contributed by atoms with van der Waals surface area (Å²) in [5.74, 6) is -0.596. The molecule has 0 fully saturated rings. The molecule has 0 aliphatic rings. The average Bonchev–Trinajstić information content (AvgIpc) is 2.99. The molecule has 2 rings (SSSR count). The first-order valence-electron chi connectivity index (χ1n) is 7.22. The number of carbonyl (C=O) groups is 2. The monoisotopic (exact) mass is 338 g/mol. The van der Waals surface area contributed by atoms with E-state index in [4.69, 9.17) is 11.6 Å². The van der Waals surface area contributed by atoms with Crippen LogP contribution in [-0.4, -0.2) is 37.9 Å². The third kappa shape index (κ3) is 4.10. The lowest BCUT2D eigenvalue weighted by molar-refractivity contribution is -0.116. The standard InChI is InChI=1S/C14H19ClN6O2/c1-4-5-16-14(23)13-11(6-17-20(13)3)18-12(22)8-21-7-10(15)9(2)19-21/h6-7H,4-5,8H2,1-3H3,(H,16,23)(H,18,22). The number of anilines is 1. The summed E-state index contributed by atoms with van der Waals surface area (Å²) >= 11 is 5.91. The highest BCUT2D eigenvalue weighted by Gasteiger charge is 2.18. The van der Waals surface area contributed by atoms with Crippen molar-refractivity contribution in [1.82, 2.24) is 24.9 Å². The molecule has 0 unspecified atom stereocenters. The van der Waals surface area contributed by atoms with E-state index in [0.29, 0.717) is 28.6 Å². The van der Waals surface area contributed by atoms with Gasteiger partial charge in [-0.2, -0.15) is 10.2 Å². The molecule has 0 aromatic carbocycles. The van der Waals surface area contributed by atoms with E-state index < -0.39 is 0 Å². The van der Waals surface area contributed by atoms with E-state index in [1.165, 1.54) is 15.6 Å². The van der Waals surface area contributed by atoms with Crippen molar-refractivity contribution in [3.8, 4) is 0 Å². The molecule has 2 N–H and O–H groups in total. The summed E-state index contributed by atoms with van der Waals surface area (Å²) < 4.78 is 2.87. The van der Waals surface area contributed by atoms with Crippen LogP contribution in [0.25, 0.3) is 0 Å². The smallest absolute Gasteiger partial charge is 0.271 e. The number of hydrogen-bond acceptors (Lipinski definition) is 4. The Hall–Kier alpha value is -2.35. The van der Waals surface area contributed by atoms with E-state index in [9.17, 15) is 9.59 Å². The van der Waals surface area contributed by atoms with E-state index in [2.05, 4.69) is 20.8 Å². The maximum absolute atomic E-state index is 12.1. The van der Waals surface area contributed by atoms with Gasteiger partial charge < -0.3 is 10.6 Å². The first kappa shape index (κ1) is 17.0. The molecular formula is C14H19ClN6O2. The minimum Gasteiger partial charge on any atom is -0.351 e. The Bertz CT molecular complexity index is 701. The van der Waals surface area contributed by atoms with Gasteiger partial charge in [0.05, 0.1) is 22.6 Å². The maximum Gasteiger partial charge on any atom is 0.271 e. The lowest BCUT2D eigenvalue weighted by Gasteiger charge is -2.08. The van der Waals surface area contributed by atoms with Gasteiger partial charge in [0.1, 0.15) is 12.2 Å². The van der Waals surface area contributed by atoms with Gasteiger partial charge in [0.15, 0.2) is 0 Å². The maximum atomic E-state index is 12.1. The fraction of sp³-hybridized carbons (Fsp3) is 0.429. The zero-order valence-corrected chi connectivity index (χ0v) is 14.0. The third-order valence-corrected chi connectivity index (χ3v) is 3.53. The summed E-state index contributed by atoms with van der Waals surface area (Å²) in [6.45, 7) is 4.28. The van der Waals surface area contributed by atoms with Crippen LogP contribution in [0.5, 0.6) is 0 Å². The summed E-state index contributed by atoms with van der Waals surface area (Å²) in [6, 6.07) is 0. The first-order chi connectivity index (χ1) is 10.9. The van der Waals surface area contributed by atoms with Crippen LogP contribution in [0.2, 0.25) is 5.02 Å². The number of carbonyl (C=O) groups excluding carboxylic acids is 2. The van der Waals surface area contributed by atoms with Crippen LogP contribution >= 0.6 is 11.6 Å². The minimum atomic E-state index is -0.318. The SMILES string of the molecule is CCCNC(=O)c1c(NC(=O)Cn2cc(Cl)c(C)n2)cnn1C.